The number of aliphatic imine (C=N–C) groups is 1. The molecule has 0 spiro atoms. The van der Waals surface area contributed by atoms with Crippen LogP contribution in [0.5, 0.6) is 17.5 Å². The van der Waals surface area contributed by atoms with Gasteiger partial charge in [-0.15, -0.1) is 9.78 Å². The van der Waals surface area contributed by atoms with E-state index in [1.54, 1.807) is 42.5 Å². The summed E-state index contributed by atoms with van der Waals surface area (Å²) in [6, 6.07) is 16.6. The monoisotopic (exact) mass is 796 g/mol. The first-order valence-corrected chi connectivity index (χ1v) is 18.7. The van der Waals surface area contributed by atoms with Gasteiger partial charge in [-0.1, -0.05) is 31.0 Å². The van der Waals surface area contributed by atoms with Gasteiger partial charge in [0.25, 0.3) is 11.9 Å². The molecule has 17 heteroatoms. The molecule has 58 heavy (non-hydrogen) atoms. The van der Waals surface area contributed by atoms with E-state index >= 15 is 4.39 Å². The van der Waals surface area contributed by atoms with Gasteiger partial charge in [0.1, 0.15) is 30.3 Å². The Morgan fingerprint density at radius 3 is 2.45 bits per heavy atom. The van der Waals surface area contributed by atoms with Crippen LogP contribution >= 0.6 is 0 Å². The summed E-state index contributed by atoms with van der Waals surface area (Å²) in [5.74, 6) is -1.01. The fourth-order valence-electron chi connectivity index (χ4n) is 6.26. The predicted molar refractivity (Wildman–Crippen MR) is 210 cm³/mol. The summed E-state index contributed by atoms with van der Waals surface area (Å²) in [5, 5.41) is 17.3. The van der Waals surface area contributed by atoms with Crippen LogP contribution in [-0.4, -0.2) is 80.5 Å². The third-order valence-corrected chi connectivity index (χ3v) is 9.36. The Hall–Kier alpha value is -6.62. The van der Waals surface area contributed by atoms with E-state index in [4.69, 9.17) is 29.4 Å². The maximum atomic E-state index is 16.5. The number of hydrogen-bond acceptors (Lipinski definition) is 13. The van der Waals surface area contributed by atoms with Gasteiger partial charge in [0.05, 0.1) is 13.7 Å². The van der Waals surface area contributed by atoms with Crippen molar-refractivity contribution in [3.8, 4) is 23.5 Å². The molecular weight excluding hydrogens is 751 g/mol. The highest BCUT2D eigenvalue weighted by Crippen LogP contribution is 2.36. The Labute approximate surface area is 334 Å². The number of amides is 1. The Bertz CT molecular complexity index is 2200. The highest BCUT2D eigenvalue weighted by Gasteiger charge is 2.31. The molecule has 4 atom stereocenters. The molecule has 0 aliphatic heterocycles. The van der Waals surface area contributed by atoms with Gasteiger partial charge in [-0.3, -0.25) is 4.79 Å². The van der Waals surface area contributed by atoms with Gasteiger partial charge < -0.3 is 39.8 Å². The number of anilines is 1. The number of nitrogens with two attached hydrogens (primary N) is 1. The third kappa shape index (κ3) is 10.2. The lowest BCUT2D eigenvalue weighted by Gasteiger charge is -2.28. The number of nitrogens with zero attached hydrogens (tertiary/aromatic N) is 6. The van der Waals surface area contributed by atoms with Crippen LogP contribution in [0, 0.1) is 18.7 Å². The summed E-state index contributed by atoms with van der Waals surface area (Å²) < 4.78 is 45.7. The Kier molecular flexibility index (Phi) is 13.4. The SMILES string of the molecule is COc1cc(OCCO)c(F)c([C@@H](Nc2ccc(/C(N)=N/C(=O)c3ccc(C)cc3)cc2)c2nc(OC(C)OC(=O)O[C@@H]3CCCC[C@H]3C)n(-c3ncccn3)n2)c1. The second-order valence-electron chi connectivity index (χ2n) is 13.6. The first-order chi connectivity index (χ1) is 28.0. The van der Waals surface area contributed by atoms with Crippen LogP contribution in [0.4, 0.5) is 14.9 Å². The van der Waals surface area contributed by atoms with Crippen molar-refractivity contribution in [2.24, 2.45) is 16.6 Å². The minimum absolute atomic E-state index is 0.00303. The number of aliphatic hydroxyl groups is 1. The van der Waals surface area contributed by atoms with Gasteiger partial charge >= 0.3 is 12.2 Å². The zero-order chi connectivity index (χ0) is 41.2. The molecule has 3 aromatic carbocycles. The molecule has 1 fully saturated rings. The number of ether oxygens (including phenoxy) is 5. The van der Waals surface area contributed by atoms with E-state index in [0.717, 1.165) is 31.2 Å². The number of aliphatic hydroxyl groups excluding tert-OH is 1. The average molecular weight is 797 g/mol. The van der Waals surface area contributed by atoms with Gasteiger partial charge in [-0.05, 0) is 80.6 Å². The van der Waals surface area contributed by atoms with E-state index in [-0.39, 0.29) is 65.9 Å². The van der Waals surface area contributed by atoms with Crippen LogP contribution in [0.2, 0.25) is 0 Å². The molecule has 0 bridgehead atoms. The molecule has 1 aliphatic rings. The smallest absolute Gasteiger partial charge is 0.497 e. The number of nitrogens with one attached hydrogen (secondary N) is 1. The quantitative estimate of drug-likeness (QED) is 0.0475. The number of aryl methyl sites for hydroxylation is 1. The fraction of sp³-hybridized carbons (Fsp3) is 0.341. The molecule has 0 saturated heterocycles. The number of carbonyl (C=O) groups excluding carboxylic acids is 2. The first-order valence-electron chi connectivity index (χ1n) is 18.7. The molecule has 304 valence electrons. The number of halogens is 1. The number of methoxy groups -OCH3 is 1. The fourth-order valence-corrected chi connectivity index (χ4v) is 6.26. The summed E-state index contributed by atoms with van der Waals surface area (Å²) in [7, 11) is 1.41. The molecular formula is C41H45FN8O8. The van der Waals surface area contributed by atoms with Crippen molar-refractivity contribution >= 4 is 23.6 Å². The van der Waals surface area contributed by atoms with Gasteiger partial charge in [-0.2, -0.15) is 9.98 Å². The number of hydrogen-bond donors (Lipinski definition) is 3. The molecule has 16 nitrogen and oxygen atoms in total. The summed E-state index contributed by atoms with van der Waals surface area (Å²) in [5.41, 5.74) is 8.53. The van der Waals surface area contributed by atoms with Crippen LogP contribution < -0.4 is 25.3 Å². The lowest BCUT2D eigenvalue weighted by Crippen LogP contribution is -2.31. The predicted octanol–water partition coefficient (Wildman–Crippen LogP) is 6.09. The first kappa shape index (κ1) is 41.0. The third-order valence-electron chi connectivity index (χ3n) is 9.36. The van der Waals surface area contributed by atoms with E-state index in [1.165, 1.54) is 43.2 Å². The molecule has 2 heterocycles. The number of amidine groups is 1. The number of carbonyl (C=O) groups is 2. The van der Waals surface area contributed by atoms with E-state index < -0.39 is 30.2 Å². The van der Waals surface area contributed by atoms with Crippen molar-refractivity contribution in [2.45, 2.75) is 64.9 Å². The van der Waals surface area contributed by atoms with Crippen molar-refractivity contribution in [1.29, 1.82) is 0 Å². The average Bonchev–Trinajstić information content (AvgIpc) is 3.64. The molecule has 4 N–H and O–H groups in total. The highest BCUT2D eigenvalue weighted by molar-refractivity contribution is 6.08. The van der Waals surface area contributed by atoms with Crippen molar-refractivity contribution in [2.75, 3.05) is 25.6 Å². The highest BCUT2D eigenvalue weighted by atomic mass is 19.1. The summed E-state index contributed by atoms with van der Waals surface area (Å²) in [6.45, 7) is 4.89. The lowest BCUT2D eigenvalue weighted by atomic mass is 9.88. The maximum absolute atomic E-state index is 16.5. The molecule has 6 rings (SSSR count). The van der Waals surface area contributed by atoms with Crippen molar-refractivity contribution in [3.05, 3.63) is 113 Å². The number of aromatic nitrogens is 5. The zero-order valence-corrected chi connectivity index (χ0v) is 32.5. The molecule has 1 amide bonds. The largest absolute Gasteiger partial charge is 0.511 e. The van der Waals surface area contributed by atoms with Crippen LogP contribution in [0.25, 0.3) is 5.95 Å². The molecule has 5 aromatic rings. The second kappa shape index (κ2) is 19.0. The molecule has 0 radical (unpaired) electrons. The normalized spacial score (nSPS) is 16.5. The van der Waals surface area contributed by atoms with Crippen molar-refractivity contribution in [3.63, 3.8) is 0 Å². The zero-order valence-electron chi connectivity index (χ0n) is 32.5. The summed E-state index contributed by atoms with van der Waals surface area (Å²) in [4.78, 5) is 42.8. The standard InChI is InChI=1S/C41H45FN8O8/c1-24-10-12-28(13-11-24)38(52)47-36(43)27-14-16-29(17-15-27)46-35(31-22-30(54-4)23-33(34(31)42)55-21-20-51)37-48-40(50(49-37)39-44-18-7-19-45-39)56-26(3)57-41(53)58-32-9-6-5-8-25(32)2/h7,10-19,22-23,25-26,32,35,46,51H,5-6,8-9,20-21H2,1-4H3,(H2,43,47,52)/t25-,26?,32-,35-/m1/s1. The Morgan fingerprint density at radius 1 is 1.05 bits per heavy atom. The van der Waals surface area contributed by atoms with Crippen LogP contribution in [0.1, 0.15) is 78.4 Å². The number of benzene rings is 3. The van der Waals surface area contributed by atoms with Crippen LogP contribution in [-0.2, 0) is 9.47 Å². The molecule has 1 unspecified atom stereocenters. The van der Waals surface area contributed by atoms with Crippen LogP contribution in [0.3, 0.4) is 0 Å². The van der Waals surface area contributed by atoms with Crippen molar-refractivity contribution < 1.29 is 42.8 Å². The van der Waals surface area contributed by atoms with E-state index in [9.17, 15) is 14.7 Å². The van der Waals surface area contributed by atoms with E-state index in [2.05, 4.69) is 30.4 Å². The van der Waals surface area contributed by atoms with E-state index in [1.807, 2.05) is 26.0 Å². The maximum Gasteiger partial charge on any atom is 0.511 e. The second-order valence-corrected chi connectivity index (χ2v) is 13.6. The van der Waals surface area contributed by atoms with Gasteiger partial charge in [0.15, 0.2) is 17.4 Å². The van der Waals surface area contributed by atoms with Crippen LogP contribution in [0.15, 0.2) is 84.1 Å². The van der Waals surface area contributed by atoms with Gasteiger partial charge in [0, 0.05) is 47.8 Å². The lowest BCUT2D eigenvalue weighted by molar-refractivity contribution is -0.0790. The summed E-state index contributed by atoms with van der Waals surface area (Å²) >= 11 is 0. The molecule has 2 aromatic heterocycles. The number of rotatable bonds is 15. The van der Waals surface area contributed by atoms with E-state index in [0.29, 0.717) is 16.8 Å². The minimum atomic E-state index is -1.21. The molecule has 1 saturated carbocycles. The molecule has 1 aliphatic carbocycles. The Balaban J connectivity index is 1.34. The van der Waals surface area contributed by atoms with Gasteiger partial charge in [-0.25, -0.2) is 19.2 Å². The summed E-state index contributed by atoms with van der Waals surface area (Å²) in [6.07, 6.45) is 4.34. The minimum Gasteiger partial charge on any atom is -0.497 e. The Morgan fingerprint density at radius 2 is 1.76 bits per heavy atom. The van der Waals surface area contributed by atoms with Crippen molar-refractivity contribution in [1.82, 2.24) is 24.7 Å². The van der Waals surface area contributed by atoms with Gasteiger partial charge in [0.2, 0.25) is 6.29 Å². The topological polar surface area (TPSA) is 207 Å².